The van der Waals surface area contributed by atoms with Crippen LogP contribution in [0.3, 0.4) is 0 Å². The van der Waals surface area contributed by atoms with Crippen LogP contribution in [0.15, 0.2) is 0 Å². The zero-order valence-electron chi connectivity index (χ0n) is 11.2. The van der Waals surface area contributed by atoms with Gasteiger partial charge in [-0.15, -0.1) is 0 Å². The van der Waals surface area contributed by atoms with Crippen molar-refractivity contribution < 1.29 is 19.4 Å². The van der Waals surface area contributed by atoms with Crippen LogP contribution in [0.4, 0.5) is 4.79 Å². The van der Waals surface area contributed by atoms with Gasteiger partial charge in [-0.25, -0.2) is 9.59 Å². The predicted molar refractivity (Wildman–Crippen MR) is 66.4 cm³/mol. The van der Waals surface area contributed by atoms with Crippen LogP contribution in [0.2, 0.25) is 0 Å². The third-order valence-corrected chi connectivity index (χ3v) is 2.71. The SMILES string of the molecule is CC(C)(C)CC(NC(=O)N1CCOCC1)C(=O)O. The fourth-order valence-corrected chi connectivity index (χ4v) is 1.82. The summed E-state index contributed by atoms with van der Waals surface area (Å²) < 4.78 is 5.14. The lowest BCUT2D eigenvalue weighted by molar-refractivity contribution is -0.140. The van der Waals surface area contributed by atoms with Gasteiger partial charge in [-0.3, -0.25) is 0 Å². The first-order chi connectivity index (χ1) is 8.29. The Morgan fingerprint density at radius 1 is 1.33 bits per heavy atom. The average molecular weight is 258 g/mol. The maximum absolute atomic E-state index is 11.9. The Kier molecular flexibility index (Phi) is 4.95. The number of carboxylic acid groups (broad SMARTS) is 1. The van der Waals surface area contributed by atoms with Gasteiger partial charge >= 0.3 is 12.0 Å². The number of hydrogen-bond acceptors (Lipinski definition) is 3. The molecule has 0 saturated carbocycles. The molecule has 0 radical (unpaired) electrons. The van der Waals surface area contributed by atoms with E-state index < -0.39 is 12.0 Å². The van der Waals surface area contributed by atoms with Crippen molar-refractivity contribution in [3.8, 4) is 0 Å². The highest BCUT2D eigenvalue weighted by Crippen LogP contribution is 2.21. The molecule has 6 heteroatoms. The van der Waals surface area contributed by atoms with E-state index in [0.29, 0.717) is 32.7 Å². The van der Waals surface area contributed by atoms with Gasteiger partial charge in [-0.1, -0.05) is 20.8 Å². The predicted octanol–water partition coefficient (Wildman–Crippen LogP) is 0.918. The number of carbonyl (C=O) groups excluding carboxylic acids is 1. The van der Waals surface area contributed by atoms with Gasteiger partial charge in [0.1, 0.15) is 6.04 Å². The van der Waals surface area contributed by atoms with Crippen LogP contribution >= 0.6 is 0 Å². The van der Waals surface area contributed by atoms with E-state index in [4.69, 9.17) is 9.84 Å². The fourth-order valence-electron chi connectivity index (χ4n) is 1.82. The molecule has 18 heavy (non-hydrogen) atoms. The first kappa shape index (κ1) is 14.8. The molecular formula is C12H22N2O4. The smallest absolute Gasteiger partial charge is 0.326 e. The normalized spacial score (nSPS) is 18.3. The highest BCUT2D eigenvalue weighted by Gasteiger charge is 2.28. The Balaban J connectivity index is 2.54. The Bertz CT molecular complexity index is 306. The molecule has 1 unspecified atom stereocenters. The van der Waals surface area contributed by atoms with E-state index in [0.717, 1.165) is 0 Å². The third-order valence-electron chi connectivity index (χ3n) is 2.71. The van der Waals surface area contributed by atoms with E-state index in [1.54, 1.807) is 4.90 Å². The van der Waals surface area contributed by atoms with Crippen molar-refractivity contribution in [2.24, 2.45) is 5.41 Å². The Labute approximate surface area is 107 Å². The second-order valence-corrected chi connectivity index (χ2v) is 5.70. The van der Waals surface area contributed by atoms with Crippen LogP contribution in [0.25, 0.3) is 0 Å². The van der Waals surface area contributed by atoms with Gasteiger partial charge < -0.3 is 20.1 Å². The van der Waals surface area contributed by atoms with E-state index in [9.17, 15) is 9.59 Å². The number of amides is 2. The second-order valence-electron chi connectivity index (χ2n) is 5.70. The minimum atomic E-state index is -0.994. The number of hydrogen-bond donors (Lipinski definition) is 2. The molecule has 0 aromatic rings. The standard InChI is InChI=1S/C12H22N2O4/c1-12(2,3)8-9(10(15)16)13-11(17)14-4-6-18-7-5-14/h9H,4-8H2,1-3H3,(H,13,17)(H,15,16). The van der Waals surface area contributed by atoms with Crippen LogP contribution in [-0.2, 0) is 9.53 Å². The summed E-state index contributed by atoms with van der Waals surface area (Å²) in [5.74, 6) is -0.994. The monoisotopic (exact) mass is 258 g/mol. The van der Waals surface area contributed by atoms with Crippen molar-refractivity contribution in [2.45, 2.75) is 33.2 Å². The van der Waals surface area contributed by atoms with Gasteiger partial charge in [0.2, 0.25) is 0 Å². The molecule has 1 saturated heterocycles. The molecule has 0 spiro atoms. The van der Waals surface area contributed by atoms with Gasteiger partial charge in [-0.2, -0.15) is 0 Å². The number of aliphatic carboxylic acids is 1. The van der Waals surface area contributed by atoms with Crippen LogP contribution < -0.4 is 5.32 Å². The molecule has 0 bridgehead atoms. The van der Waals surface area contributed by atoms with Crippen molar-refractivity contribution in [1.82, 2.24) is 10.2 Å². The Morgan fingerprint density at radius 3 is 2.33 bits per heavy atom. The molecule has 104 valence electrons. The van der Waals surface area contributed by atoms with Crippen molar-refractivity contribution in [1.29, 1.82) is 0 Å². The summed E-state index contributed by atoms with van der Waals surface area (Å²) in [6.07, 6.45) is 0.401. The highest BCUT2D eigenvalue weighted by molar-refractivity contribution is 5.82. The lowest BCUT2D eigenvalue weighted by Gasteiger charge is -2.30. The first-order valence-electron chi connectivity index (χ1n) is 6.15. The van der Waals surface area contributed by atoms with Crippen molar-refractivity contribution in [3.05, 3.63) is 0 Å². The van der Waals surface area contributed by atoms with Crippen molar-refractivity contribution in [2.75, 3.05) is 26.3 Å². The molecule has 6 nitrogen and oxygen atoms in total. The summed E-state index contributed by atoms with van der Waals surface area (Å²) in [6.45, 7) is 7.87. The average Bonchev–Trinajstić information content (AvgIpc) is 2.27. The van der Waals surface area contributed by atoms with Crippen molar-refractivity contribution in [3.63, 3.8) is 0 Å². The molecule has 1 atom stereocenters. The van der Waals surface area contributed by atoms with Crippen LogP contribution in [0, 0.1) is 5.41 Å². The summed E-state index contributed by atoms with van der Waals surface area (Å²) in [4.78, 5) is 24.6. The summed E-state index contributed by atoms with van der Waals surface area (Å²) in [5.41, 5.74) is -0.151. The summed E-state index contributed by atoms with van der Waals surface area (Å²) in [5, 5.41) is 11.7. The number of morpholine rings is 1. The number of carbonyl (C=O) groups is 2. The molecule has 2 N–H and O–H groups in total. The quantitative estimate of drug-likeness (QED) is 0.789. The lowest BCUT2D eigenvalue weighted by atomic mass is 9.88. The fraction of sp³-hybridized carbons (Fsp3) is 0.833. The minimum Gasteiger partial charge on any atom is -0.480 e. The minimum absolute atomic E-state index is 0.151. The van der Waals surface area contributed by atoms with Gasteiger partial charge in [-0.05, 0) is 11.8 Å². The van der Waals surface area contributed by atoms with E-state index in [-0.39, 0.29) is 11.4 Å². The summed E-state index contributed by atoms with van der Waals surface area (Å²) in [7, 11) is 0. The second kappa shape index (κ2) is 6.04. The molecule has 0 aliphatic carbocycles. The van der Waals surface area contributed by atoms with E-state index in [2.05, 4.69) is 5.32 Å². The molecular weight excluding hydrogens is 236 g/mol. The van der Waals surface area contributed by atoms with Crippen LogP contribution in [0.5, 0.6) is 0 Å². The van der Waals surface area contributed by atoms with Crippen LogP contribution in [-0.4, -0.2) is 54.4 Å². The summed E-state index contributed by atoms with van der Waals surface area (Å²) in [6, 6.07) is -1.17. The van der Waals surface area contributed by atoms with Gasteiger partial charge in [0.05, 0.1) is 13.2 Å². The molecule has 1 aliphatic rings. The number of carboxylic acids is 1. The molecule has 1 aliphatic heterocycles. The first-order valence-corrected chi connectivity index (χ1v) is 6.15. The lowest BCUT2D eigenvalue weighted by Crippen LogP contribution is -2.52. The Hall–Kier alpha value is -1.30. The van der Waals surface area contributed by atoms with E-state index >= 15 is 0 Å². The number of ether oxygens (including phenoxy) is 1. The highest BCUT2D eigenvalue weighted by atomic mass is 16.5. The number of nitrogens with one attached hydrogen (secondary N) is 1. The molecule has 2 amide bonds. The Morgan fingerprint density at radius 2 is 1.89 bits per heavy atom. The molecule has 1 rings (SSSR count). The third kappa shape index (κ3) is 4.91. The maximum atomic E-state index is 11.9. The molecule has 0 aromatic heterocycles. The van der Waals surface area contributed by atoms with Gasteiger partial charge in [0.15, 0.2) is 0 Å². The topological polar surface area (TPSA) is 78.9 Å². The maximum Gasteiger partial charge on any atom is 0.326 e. The number of nitrogens with zero attached hydrogens (tertiary/aromatic N) is 1. The van der Waals surface area contributed by atoms with E-state index in [1.165, 1.54) is 0 Å². The van der Waals surface area contributed by atoms with E-state index in [1.807, 2.05) is 20.8 Å². The number of rotatable bonds is 3. The summed E-state index contributed by atoms with van der Waals surface area (Å²) >= 11 is 0. The molecule has 0 aromatic carbocycles. The van der Waals surface area contributed by atoms with Gasteiger partial charge in [0.25, 0.3) is 0 Å². The van der Waals surface area contributed by atoms with Gasteiger partial charge in [0, 0.05) is 13.1 Å². The van der Waals surface area contributed by atoms with Crippen LogP contribution in [0.1, 0.15) is 27.2 Å². The van der Waals surface area contributed by atoms with Crippen molar-refractivity contribution >= 4 is 12.0 Å². The molecule has 1 fully saturated rings. The number of urea groups is 1. The zero-order valence-corrected chi connectivity index (χ0v) is 11.2. The molecule has 1 heterocycles. The zero-order chi connectivity index (χ0) is 13.8. The largest absolute Gasteiger partial charge is 0.480 e.